The maximum absolute atomic E-state index is 11.2. The van der Waals surface area contributed by atoms with Crippen molar-refractivity contribution in [2.45, 2.75) is 13.3 Å². The molecule has 0 aliphatic carbocycles. The SMILES string of the molecule is CCN(OC)C(=O)SCCC(=O)O. The highest BCUT2D eigenvalue weighted by molar-refractivity contribution is 8.13. The van der Waals surface area contributed by atoms with Crippen LogP contribution in [-0.2, 0) is 9.63 Å². The highest BCUT2D eigenvalue weighted by atomic mass is 32.2. The number of carbonyl (C=O) groups excluding carboxylic acids is 1. The predicted octanol–water partition coefficient (Wildman–Crippen LogP) is 1.20. The van der Waals surface area contributed by atoms with E-state index in [2.05, 4.69) is 0 Å². The lowest BCUT2D eigenvalue weighted by molar-refractivity contribution is -0.136. The average molecular weight is 207 g/mol. The van der Waals surface area contributed by atoms with Gasteiger partial charge < -0.3 is 5.11 Å². The van der Waals surface area contributed by atoms with E-state index in [4.69, 9.17) is 9.94 Å². The molecule has 5 nitrogen and oxygen atoms in total. The average Bonchev–Trinajstić information content (AvgIpc) is 2.05. The number of rotatable bonds is 5. The molecule has 0 saturated carbocycles. The smallest absolute Gasteiger partial charge is 0.305 e. The second-order valence-corrected chi connectivity index (χ2v) is 3.18. The van der Waals surface area contributed by atoms with Crippen LogP contribution < -0.4 is 0 Å². The van der Waals surface area contributed by atoms with Crippen LogP contribution in [0, 0.1) is 0 Å². The number of hydrogen-bond acceptors (Lipinski definition) is 4. The van der Waals surface area contributed by atoms with Crippen molar-refractivity contribution in [3.8, 4) is 0 Å². The molecule has 6 heteroatoms. The zero-order valence-corrected chi connectivity index (χ0v) is 8.47. The van der Waals surface area contributed by atoms with Gasteiger partial charge in [0.05, 0.1) is 13.5 Å². The van der Waals surface area contributed by atoms with E-state index in [9.17, 15) is 9.59 Å². The summed E-state index contributed by atoms with van der Waals surface area (Å²) in [5.41, 5.74) is 0. The van der Waals surface area contributed by atoms with E-state index in [1.54, 1.807) is 6.92 Å². The van der Waals surface area contributed by atoms with Gasteiger partial charge in [0, 0.05) is 12.3 Å². The summed E-state index contributed by atoms with van der Waals surface area (Å²) < 4.78 is 0. The molecule has 13 heavy (non-hydrogen) atoms. The normalized spacial score (nSPS) is 9.69. The van der Waals surface area contributed by atoms with Gasteiger partial charge in [-0.25, -0.2) is 5.06 Å². The van der Waals surface area contributed by atoms with E-state index < -0.39 is 5.97 Å². The van der Waals surface area contributed by atoms with Gasteiger partial charge in [-0.05, 0) is 6.92 Å². The second-order valence-electron chi connectivity index (χ2n) is 2.14. The number of aliphatic carboxylic acids is 1. The van der Waals surface area contributed by atoms with Gasteiger partial charge in [0.25, 0.3) is 0 Å². The fourth-order valence-electron chi connectivity index (χ4n) is 0.630. The Balaban J connectivity index is 3.66. The number of hydroxylamine groups is 2. The lowest BCUT2D eigenvalue weighted by Gasteiger charge is -2.15. The van der Waals surface area contributed by atoms with Crippen LogP contribution in [0.25, 0.3) is 0 Å². The molecular weight excluding hydrogens is 194 g/mol. The summed E-state index contributed by atoms with van der Waals surface area (Å²) in [6.45, 7) is 2.23. The van der Waals surface area contributed by atoms with Gasteiger partial charge in [-0.2, -0.15) is 0 Å². The first-order valence-electron chi connectivity index (χ1n) is 3.82. The topological polar surface area (TPSA) is 66.8 Å². The van der Waals surface area contributed by atoms with Gasteiger partial charge in [-0.15, -0.1) is 0 Å². The third-order valence-corrected chi connectivity index (χ3v) is 2.11. The quantitative estimate of drug-likeness (QED) is 0.686. The summed E-state index contributed by atoms with van der Waals surface area (Å²) in [4.78, 5) is 26.0. The van der Waals surface area contributed by atoms with Crippen molar-refractivity contribution in [1.82, 2.24) is 5.06 Å². The Labute approximate surface area is 81.0 Å². The fourth-order valence-corrected chi connectivity index (χ4v) is 1.43. The number of carboxylic acids is 1. The van der Waals surface area contributed by atoms with Crippen LogP contribution in [0.1, 0.15) is 13.3 Å². The first kappa shape index (κ1) is 12.2. The first-order chi connectivity index (χ1) is 6.11. The Morgan fingerprint density at radius 3 is 2.54 bits per heavy atom. The summed E-state index contributed by atoms with van der Waals surface area (Å²) in [5, 5.41) is 9.22. The lowest BCUT2D eigenvalue weighted by atomic mass is 10.5. The number of hydrogen-bond donors (Lipinski definition) is 1. The van der Waals surface area contributed by atoms with Gasteiger partial charge in [0.1, 0.15) is 0 Å². The minimum absolute atomic E-state index is 0.0162. The van der Waals surface area contributed by atoms with E-state index in [-0.39, 0.29) is 17.4 Å². The van der Waals surface area contributed by atoms with Crippen molar-refractivity contribution in [2.24, 2.45) is 0 Å². The summed E-state index contributed by atoms with van der Waals surface area (Å²) in [5.74, 6) is -0.630. The van der Waals surface area contributed by atoms with Crippen LogP contribution in [0.3, 0.4) is 0 Å². The number of nitrogens with zero attached hydrogens (tertiary/aromatic N) is 1. The third-order valence-electron chi connectivity index (χ3n) is 1.25. The zero-order valence-electron chi connectivity index (χ0n) is 7.65. The lowest BCUT2D eigenvalue weighted by Crippen LogP contribution is -2.26. The third kappa shape index (κ3) is 5.48. The summed E-state index contributed by atoms with van der Waals surface area (Å²) >= 11 is 0.943. The molecule has 0 saturated heterocycles. The van der Waals surface area contributed by atoms with Crippen molar-refractivity contribution in [2.75, 3.05) is 19.4 Å². The summed E-state index contributed by atoms with van der Waals surface area (Å²) in [7, 11) is 1.40. The van der Waals surface area contributed by atoms with Gasteiger partial charge in [-0.3, -0.25) is 14.4 Å². The zero-order chi connectivity index (χ0) is 10.3. The van der Waals surface area contributed by atoms with E-state index in [1.165, 1.54) is 12.2 Å². The van der Waals surface area contributed by atoms with Gasteiger partial charge in [0.15, 0.2) is 0 Å². The highest BCUT2D eigenvalue weighted by Gasteiger charge is 2.11. The Morgan fingerprint density at radius 2 is 2.15 bits per heavy atom. The molecule has 0 aromatic carbocycles. The van der Waals surface area contributed by atoms with Gasteiger partial charge in [0.2, 0.25) is 0 Å². The van der Waals surface area contributed by atoms with Crippen molar-refractivity contribution >= 4 is 23.0 Å². The maximum Gasteiger partial charge on any atom is 0.305 e. The van der Waals surface area contributed by atoms with E-state index in [0.717, 1.165) is 11.8 Å². The monoisotopic (exact) mass is 207 g/mol. The first-order valence-corrected chi connectivity index (χ1v) is 4.80. The molecule has 0 fully saturated rings. The number of carboxylic acid groups (broad SMARTS) is 1. The highest BCUT2D eigenvalue weighted by Crippen LogP contribution is 2.09. The van der Waals surface area contributed by atoms with Gasteiger partial charge in [-0.1, -0.05) is 11.8 Å². The number of carbonyl (C=O) groups is 2. The molecule has 0 bridgehead atoms. The molecule has 1 N–H and O–H groups in total. The van der Waals surface area contributed by atoms with Crippen molar-refractivity contribution in [3.63, 3.8) is 0 Å². The summed E-state index contributed by atoms with van der Waals surface area (Å²) in [6.07, 6.45) is -0.0162. The Hall–Kier alpha value is -0.750. The van der Waals surface area contributed by atoms with Crippen molar-refractivity contribution < 1.29 is 19.5 Å². The summed E-state index contributed by atoms with van der Waals surface area (Å²) in [6, 6.07) is 0. The number of amides is 1. The molecule has 1 amide bonds. The molecule has 0 radical (unpaired) electrons. The largest absolute Gasteiger partial charge is 0.481 e. The molecule has 0 aromatic heterocycles. The molecule has 76 valence electrons. The van der Waals surface area contributed by atoms with E-state index in [0.29, 0.717) is 6.54 Å². The second kappa shape index (κ2) is 6.73. The Bertz CT molecular complexity index is 181. The standard InChI is InChI=1S/C7H13NO4S/c1-3-8(12-2)7(11)13-5-4-6(9)10/h3-5H2,1-2H3,(H,9,10). The van der Waals surface area contributed by atoms with E-state index in [1.807, 2.05) is 0 Å². The molecule has 0 aliphatic rings. The number of thioether (sulfide) groups is 1. The molecule has 0 atom stereocenters. The van der Waals surface area contributed by atoms with Crippen LogP contribution in [0.4, 0.5) is 4.79 Å². The van der Waals surface area contributed by atoms with Gasteiger partial charge >= 0.3 is 11.2 Å². The molecule has 0 rings (SSSR count). The molecule has 0 aliphatic heterocycles. The minimum atomic E-state index is -0.902. The van der Waals surface area contributed by atoms with Crippen LogP contribution in [0.5, 0.6) is 0 Å². The molecule has 0 heterocycles. The van der Waals surface area contributed by atoms with Crippen LogP contribution in [-0.4, -0.2) is 40.8 Å². The van der Waals surface area contributed by atoms with Crippen LogP contribution in [0.2, 0.25) is 0 Å². The Kier molecular flexibility index (Phi) is 6.34. The fraction of sp³-hybridized carbons (Fsp3) is 0.714. The molecule has 0 spiro atoms. The minimum Gasteiger partial charge on any atom is -0.481 e. The molecule has 0 unspecified atom stereocenters. The predicted molar refractivity (Wildman–Crippen MR) is 49.5 cm³/mol. The van der Waals surface area contributed by atoms with Crippen LogP contribution in [0.15, 0.2) is 0 Å². The van der Waals surface area contributed by atoms with E-state index >= 15 is 0 Å². The Morgan fingerprint density at radius 1 is 1.54 bits per heavy atom. The van der Waals surface area contributed by atoms with Crippen molar-refractivity contribution in [3.05, 3.63) is 0 Å². The van der Waals surface area contributed by atoms with Crippen LogP contribution >= 0.6 is 11.8 Å². The molecular formula is C7H13NO4S. The molecule has 0 aromatic rings. The maximum atomic E-state index is 11.2. The van der Waals surface area contributed by atoms with Crippen molar-refractivity contribution in [1.29, 1.82) is 0 Å².